The second-order valence-electron chi connectivity index (χ2n) is 7.02. The normalized spacial score (nSPS) is 12.4. The Hall–Kier alpha value is -3.03. The first-order valence-electron chi connectivity index (χ1n) is 8.08. The minimum Gasteiger partial charge on any atom is -0.508 e. The first-order chi connectivity index (χ1) is 12.5. The second kappa shape index (κ2) is 6.29. The number of hydrogen-bond donors (Lipinski definition) is 1. The van der Waals surface area contributed by atoms with Gasteiger partial charge in [0.15, 0.2) is 0 Å². The molecule has 0 saturated carbocycles. The molecule has 0 unspecified atom stereocenters. The van der Waals surface area contributed by atoms with Crippen molar-refractivity contribution in [3.63, 3.8) is 0 Å². The third-order valence-electron chi connectivity index (χ3n) is 3.71. The van der Waals surface area contributed by atoms with E-state index in [4.69, 9.17) is 4.74 Å². The summed E-state index contributed by atoms with van der Waals surface area (Å²) in [6.07, 6.45) is -5.33. The predicted molar refractivity (Wildman–Crippen MR) is 93.5 cm³/mol. The van der Waals surface area contributed by atoms with E-state index in [2.05, 4.69) is 5.10 Å². The van der Waals surface area contributed by atoms with Crippen molar-refractivity contribution in [2.24, 2.45) is 0 Å². The molecule has 0 bridgehead atoms. The summed E-state index contributed by atoms with van der Waals surface area (Å²) in [5, 5.41) is 13.8. The van der Waals surface area contributed by atoms with E-state index < -0.39 is 23.4 Å². The molecule has 142 valence electrons. The number of aromatic nitrogens is 2. The Kier molecular flexibility index (Phi) is 4.37. The third-order valence-corrected chi connectivity index (χ3v) is 3.71. The van der Waals surface area contributed by atoms with Crippen molar-refractivity contribution in [1.29, 1.82) is 0 Å². The van der Waals surface area contributed by atoms with Gasteiger partial charge in [0, 0.05) is 10.9 Å². The van der Waals surface area contributed by atoms with Gasteiger partial charge < -0.3 is 9.84 Å². The summed E-state index contributed by atoms with van der Waals surface area (Å²) < 4.78 is 45.7. The number of phenols is 1. The van der Waals surface area contributed by atoms with Crippen LogP contribution in [-0.4, -0.2) is 26.6 Å². The first kappa shape index (κ1) is 18.8. The molecule has 3 rings (SSSR count). The number of rotatable bonds is 1. The molecule has 0 aliphatic carbocycles. The van der Waals surface area contributed by atoms with Crippen LogP contribution in [0.1, 0.15) is 26.3 Å². The van der Waals surface area contributed by atoms with Gasteiger partial charge in [0.2, 0.25) is 0 Å². The van der Waals surface area contributed by atoms with Crippen LogP contribution in [0, 0.1) is 0 Å². The number of fused-ring (bicyclic) bond motifs is 1. The Labute approximate surface area is 153 Å². The van der Waals surface area contributed by atoms with E-state index in [1.807, 2.05) is 0 Å². The van der Waals surface area contributed by atoms with Gasteiger partial charge in [0.05, 0.1) is 11.1 Å². The molecule has 0 atom stereocenters. The lowest BCUT2D eigenvalue weighted by Gasteiger charge is -2.19. The topological polar surface area (TPSA) is 64.4 Å². The molecule has 27 heavy (non-hydrogen) atoms. The van der Waals surface area contributed by atoms with Crippen LogP contribution in [0.15, 0.2) is 42.5 Å². The number of benzene rings is 2. The summed E-state index contributed by atoms with van der Waals surface area (Å²) in [6, 6.07) is 8.84. The van der Waals surface area contributed by atoms with Crippen molar-refractivity contribution in [2.75, 3.05) is 0 Å². The van der Waals surface area contributed by atoms with Crippen LogP contribution in [0.25, 0.3) is 22.2 Å². The molecule has 0 radical (unpaired) electrons. The standard InChI is InChI=1S/C19H17F3N2O3/c1-18(2,3)27-17(26)24-15-9-6-12(19(20,21)22)10-14(15)16(23-24)11-4-7-13(25)8-5-11/h4-10,25H,1-3H3. The smallest absolute Gasteiger partial charge is 0.435 e. The van der Waals surface area contributed by atoms with Crippen LogP contribution in [0.3, 0.4) is 0 Å². The largest absolute Gasteiger partial charge is 0.508 e. The van der Waals surface area contributed by atoms with Crippen molar-refractivity contribution in [3.05, 3.63) is 48.0 Å². The van der Waals surface area contributed by atoms with Gasteiger partial charge in [-0.3, -0.25) is 0 Å². The Morgan fingerprint density at radius 1 is 1.07 bits per heavy atom. The Morgan fingerprint density at radius 2 is 1.70 bits per heavy atom. The maximum Gasteiger partial charge on any atom is 0.435 e. The number of hydrogen-bond acceptors (Lipinski definition) is 4. The average Bonchev–Trinajstić information content (AvgIpc) is 2.92. The van der Waals surface area contributed by atoms with Crippen molar-refractivity contribution < 1.29 is 27.8 Å². The van der Waals surface area contributed by atoms with Gasteiger partial charge in [-0.2, -0.15) is 23.0 Å². The predicted octanol–water partition coefficient (Wildman–Crippen LogP) is 5.21. The van der Waals surface area contributed by atoms with Gasteiger partial charge in [-0.25, -0.2) is 4.79 Å². The number of alkyl halides is 3. The molecule has 0 saturated heterocycles. The fourth-order valence-electron chi connectivity index (χ4n) is 2.57. The van der Waals surface area contributed by atoms with Crippen LogP contribution in [-0.2, 0) is 10.9 Å². The molecular formula is C19H17F3N2O3. The van der Waals surface area contributed by atoms with Crippen molar-refractivity contribution >= 4 is 17.0 Å². The van der Waals surface area contributed by atoms with Crippen molar-refractivity contribution in [2.45, 2.75) is 32.5 Å². The van der Waals surface area contributed by atoms with Gasteiger partial charge in [-0.1, -0.05) is 0 Å². The summed E-state index contributed by atoms with van der Waals surface area (Å²) >= 11 is 0. The van der Waals surface area contributed by atoms with E-state index >= 15 is 0 Å². The Balaban J connectivity index is 2.23. The second-order valence-corrected chi connectivity index (χ2v) is 7.02. The van der Waals surface area contributed by atoms with Gasteiger partial charge in [0.1, 0.15) is 17.0 Å². The number of halogens is 3. The van der Waals surface area contributed by atoms with Crippen molar-refractivity contribution in [3.8, 4) is 17.0 Å². The zero-order valence-corrected chi connectivity index (χ0v) is 14.8. The lowest BCUT2D eigenvalue weighted by atomic mass is 10.1. The maximum absolute atomic E-state index is 13.1. The summed E-state index contributed by atoms with van der Waals surface area (Å²) in [6.45, 7) is 5.04. The van der Waals surface area contributed by atoms with E-state index in [-0.39, 0.29) is 22.3 Å². The zero-order valence-electron chi connectivity index (χ0n) is 14.8. The molecule has 0 amide bonds. The number of aromatic hydroxyl groups is 1. The highest BCUT2D eigenvalue weighted by atomic mass is 19.4. The van der Waals surface area contributed by atoms with Crippen LogP contribution in [0.2, 0.25) is 0 Å². The van der Waals surface area contributed by atoms with Crippen LogP contribution >= 0.6 is 0 Å². The maximum atomic E-state index is 13.1. The SMILES string of the molecule is CC(C)(C)OC(=O)n1nc(-c2ccc(O)cc2)c2cc(C(F)(F)F)ccc21. The molecule has 2 aromatic carbocycles. The molecule has 3 aromatic rings. The molecular weight excluding hydrogens is 361 g/mol. The van der Waals surface area contributed by atoms with E-state index in [0.717, 1.165) is 16.8 Å². The molecule has 1 heterocycles. The molecule has 8 heteroatoms. The summed E-state index contributed by atoms with van der Waals surface area (Å²) in [5.74, 6) is 0.00520. The van der Waals surface area contributed by atoms with Crippen LogP contribution in [0.4, 0.5) is 18.0 Å². The van der Waals surface area contributed by atoms with Gasteiger partial charge >= 0.3 is 12.3 Å². The van der Waals surface area contributed by atoms with E-state index in [1.165, 1.54) is 30.3 Å². The lowest BCUT2D eigenvalue weighted by Crippen LogP contribution is -2.27. The van der Waals surface area contributed by atoms with E-state index in [9.17, 15) is 23.1 Å². The minimum absolute atomic E-state index is 0.00520. The number of carbonyl (C=O) groups is 1. The monoisotopic (exact) mass is 378 g/mol. The molecule has 1 N–H and O–H groups in total. The highest BCUT2D eigenvalue weighted by molar-refractivity contribution is 5.98. The summed E-state index contributed by atoms with van der Waals surface area (Å²) in [7, 11) is 0. The number of nitrogens with zero attached hydrogens (tertiary/aromatic N) is 2. The fourth-order valence-corrected chi connectivity index (χ4v) is 2.57. The van der Waals surface area contributed by atoms with Crippen molar-refractivity contribution in [1.82, 2.24) is 9.78 Å². The van der Waals surface area contributed by atoms with E-state index in [1.54, 1.807) is 20.8 Å². The highest BCUT2D eigenvalue weighted by Crippen LogP contribution is 2.35. The minimum atomic E-state index is -4.53. The number of carbonyl (C=O) groups excluding carboxylic acids is 1. The molecule has 0 fully saturated rings. The van der Waals surface area contributed by atoms with E-state index in [0.29, 0.717) is 5.56 Å². The fraction of sp³-hybridized carbons (Fsp3) is 0.263. The van der Waals surface area contributed by atoms with Crippen LogP contribution in [0.5, 0.6) is 5.75 Å². The molecule has 1 aromatic heterocycles. The molecule has 0 aliphatic heterocycles. The highest BCUT2D eigenvalue weighted by Gasteiger charge is 2.32. The van der Waals surface area contributed by atoms with Gasteiger partial charge in [0.25, 0.3) is 0 Å². The Bertz CT molecular complexity index is 1000. The molecule has 0 spiro atoms. The quantitative estimate of drug-likeness (QED) is 0.631. The zero-order chi connectivity index (χ0) is 20.0. The molecule has 0 aliphatic rings. The third kappa shape index (κ3) is 3.89. The Morgan fingerprint density at radius 3 is 2.26 bits per heavy atom. The van der Waals surface area contributed by atoms with Crippen LogP contribution < -0.4 is 0 Å². The summed E-state index contributed by atoms with van der Waals surface area (Å²) in [5.41, 5.74) is -0.805. The number of phenolic OH excluding ortho intramolecular Hbond substituents is 1. The summed E-state index contributed by atoms with van der Waals surface area (Å²) in [4.78, 5) is 12.5. The van der Waals surface area contributed by atoms with Gasteiger partial charge in [-0.05, 0) is 63.2 Å². The van der Waals surface area contributed by atoms with Gasteiger partial charge in [-0.15, -0.1) is 0 Å². The molecule has 5 nitrogen and oxygen atoms in total. The lowest BCUT2D eigenvalue weighted by molar-refractivity contribution is -0.137. The number of ether oxygens (including phenoxy) is 1. The average molecular weight is 378 g/mol. The first-order valence-corrected chi connectivity index (χ1v) is 8.08.